The smallest absolute Gasteiger partial charge is 0.220 e. The summed E-state index contributed by atoms with van der Waals surface area (Å²) in [7, 11) is 0. The molecule has 4 aromatic carbocycles. The first-order chi connectivity index (χ1) is 19.5. The summed E-state index contributed by atoms with van der Waals surface area (Å²) in [6.45, 7) is 0. The third-order valence-corrected chi connectivity index (χ3v) is 10.3. The Morgan fingerprint density at radius 2 is 0.850 bits per heavy atom. The molecule has 4 saturated carbocycles. The van der Waals surface area contributed by atoms with Crippen LogP contribution in [-0.4, -0.2) is 11.8 Å². The predicted molar refractivity (Wildman–Crippen MR) is 161 cm³/mol. The van der Waals surface area contributed by atoms with Crippen LogP contribution in [0, 0.1) is 16.2 Å². The van der Waals surface area contributed by atoms with Crippen LogP contribution >= 0.6 is 0 Å². The summed E-state index contributed by atoms with van der Waals surface area (Å²) < 4.78 is 6.29. The molecule has 3 heteroatoms. The summed E-state index contributed by atoms with van der Waals surface area (Å²) in [6, 6.07) is 42.8. The maximum atomic E-state index is 9.63. The van der Waals surface area contributed by atoms with Crippen LogP contribution in [0.3, 0.4) is 0 Å². The normalized spacial score (nSPS) is 30.4. The van der Waals surface area contributed by atoms with E-state index in [0.29, 0.717) is 5.56 Å². The van der Waals surface area contributed by atoms with Crippen molar-refractivity contribution in [3.63, 3.8) is 0 Å². The highest BCUT2D eigenvalue weighted by atomic mass is 16.5. The zero-order valence-electron chi connectivity index (χ0n) is 22.9. The molecule has 8 rings (SSSR count). The predicted octanol–water partition coefficient (Wildman–Crippen LogP) is 8.58. The minimum Gasteiger partial charge on any atom is -0.425 e. The molecular weight excluding hydrogens is 488 g/mol. The lowest BCUT2D eigenvalue weighted by molar-refractivity contribution is 0.0199. The van der Waals surface area contributed by atoms with Gasteiger partial charge < -0.3 is 4.74 Å². The molecule has 0 amide bonds. The average Bonchev–Trinajstić information content (AvgIpc) is 3.19. The van der Waals surface area contributed by atoms with Crippen molar-refractivity contribution in [2.75, 3.05) is 0 Å². The van der Waals surface area contributed by atoms with Crippen LogP contribution in [0.25, 0.3) is 0 Å². The molecule has 2 unspecified atom stereocenters. The van der Waals surface area contributed by atoms with Gasteiger partial charge in [0.05, 0.1) is 0 Å². The van der Waals surface area contributed by atoms with E-state index in [-0.39, 0.29) is 28.0 Å². The first-order valence-corrected chi connectivity index (χ1v) is 14.5. The lowest BCUT2D eigenvalue weighted by Gasteiger charge is -2.61. The fourth-order valence-electron chi connectivity index (χ4n) is 9.05. The Labute approximate surface area is 237 Å². The van der Waals surface area contributed by atoms with Gasteiger partial charge in [-0.25, -0.2) is 0 Å². The maximum Gasteiger partial charge on any atom is 0.220 e. The molecule has 0 saturated heterocycles. The molecule has 2 atom stereocenters. The van der Waals surface area contributed by atoms with E-state index in [9.17, 15) is 5.41 Å². The van der Waals surface area contributed by atoms with Gasteiger partial charge in [-0.05, 0) is 90.0 Å². The third kappa shape index (κ3) is 3.94. The Morgan fingerprint density at radius 3 is 1.30 bits per heavy atom. The van der Waals surface area contributed by atoms with Crippen molar-refractivity contribution < 1.29 is 4.74 Å². The summed E-state index contributed by atoms with van der Waals surface area (Å²) in [5.41, 5.74) is 4.17. The van der Waals surface area contributed by atoms with Gasteiger partial charge in [-0.1, -0.05) is 109 Å². The second-order valence-electron chi connectivity index (χ2n) is 12.7. The number of hydrogen-bond acceptors (Lipinski definition) is 3. The first kappa shape index (κ1) is 25.0. The molecule has 2 N–H and O–H groups in total. The summed E-state index contributed by atoms with van der Waals surface area (Å²) in [5, 5.41) is 18.4. The van der Waals surface area contributed by atoms with Gasteiger partial charge in [0, 0.05) is 11.0 Å². The Morgan fingerprint density at radius 1 is 0.475 bits per heavy atom. The van der Waals surface area contributed by atoms with Gasteiger partial charge in [0.15, 0.2) is 5.90 Å². The molecule has 0 heterocycles. The van der Waals surface area contributed by atoms with Crippen molar-refractivity contribution in [2.45, 2.75) is 61.2 Å². The second kappa shape index (κ2) is 9.30. The van der Waals surface area contributed by atoms with Crippen LogP contribution in [0.4, 0.5) is 0 Å². The second-order valence-corrected chi connectivity index (χ2v) is 12.7. The number of rotatable bonds is 5. The van der Waals surface area contributed by atoms with Crippen molar-refractivity contribution in [2.24, 2.45) is 5.41 Å². The lowest BCUT2D eigenvalue weighted by Crippen LogP contribution is -2.58. The topological polar surface area (TPSA) is 56.9 Å². The average molecular weight is 525 g/mol. The molecule has 0 spiro atoms. The molecule has 200 valence electrons. The van der Waals surface area contributed by atoms with E-state index in [0.717, 1.165) is 44.9 Å². The quantitative estimate of drug-likeness (QED) is 0.199. The molecular formula is C37H36N2O. The number of fused-ring (bicyclic) bond motifs is 1. The van der Waals surface area contributed by atoms with Gasteiger partial charge in [0.2, 0.25) is 5.90 Å². The Balaban J connectivity index is 1.42. The molecule has 40 heavy (non-hydrogen) atoms. The highest BCUT2D eigenvalue weighted by Gasteiger charge is 2.67. The SMILES string of the molecule is N=C(OC(=N)C12CC3(c4ccccc4)CCC(c4ccccc4)(C1)CC(c1ccccc1)(C2)C3)c1ccccc1. The molecule has 0 radical (unpaired) electrons. The van der Waals surface area contributed by atoms with Crippen LogP contribution in [0.2, 0.25) is 0 Å². The van der Waals surface area contributed by atoms with Crippen molar-refractivity contribution in [3.8, 4) is 0 Å². The zero-order valence-corrected chi connectivity index (χ0v) is 22.9. The highest BCUT2D eigenvalue weighted by Crippen LogP contribution is 2.71. The van der Waals surface area contributed by atoms with E-state index in [1.807, 2.05) is 30.3 Å². The lowest BCUT2D eigenvalue weighted by atomic mass is 9.42. The van der Waals surface area contributed by atoms with E-state index >= 15 is 0 Å². The van der Waals surface area contributed by atoms with Crippen LogP contribution in [0.5, 0.6) is 0 Å². The Hall–Kier alpha value is -3.98. The van der Waals surface area contributed by atoms with Gasteiger partial charge in [0.25, 0.3) is 0 Å². The van der Waals surface area contributed by atoms with Crippen LogP contribution in [0.15, 0.2) is 121 Å². The third-order valence-electron chi connectivity index (χ3n) is 10.3. The van der Waals surface area contributed by atoms with Crippen molar-refractivity contribution in [1.29, 1.82) is 10.8 Å². The summed E-state index contributed by atoms with van der Waals surface area (Å²) in [5.74, 6) is 0.333. The number of ether oxygens (including phenoxy) is 1. The molecule has 4 aliphatic rings. The summed E-state index contributed by atoms with van der Waals surface area (Å²) in [4.78, 5) is 0. The number of benzene rings is 4. The van der Waals surface area contributed by atoms with E-state index in [2.05, 4.69) is 91.0 Å². The van der Waals surface area contributed by atoms with Crippen LogP contribution in [0.1, 0.15) is 67.2 Å². The summed E-state index contributed by atoms with van der Waals surface area (Å²) in [6.07, 6.45) is 6.98. The highest BCUT2D eigenvalue weighted by molar-refractivity contribution is 6.01. The number of hydrogen-bond donors (Lipinski definition) is 2. The van der Waals surface area contributed by atoms with E-state index in [1.165, 1.54) is 16.7 Å². The Bertz CT molecular complexity index is 1470. The Kier molecular flexibility index (Phi) is 5.82. The fourth-order valence-corrected chi connectivity index (χ4v) is 9.05. The molecule has 3 nitrogen and oxygen atoms in total. The van der Waals surface area contributed by atoms with E-state index < -0.39 is 5.41 Å². The molecule has 4 aromatic rings. The zero-order chi connectivity index (χ0) is 27.3. The largest absolute Gasteiger partial charge is 0.425 e. The van der Waals surface area contributed by atoms with Gasteiger partial charge in [-0.15, -0.1) is 0 Å². The first-order valence-electron chi connectivity index (χ1n) is 14.5. The monoisotopic (exact) mass is 524 g/mol. The van der Waals surface area contributed by atoms with Crippen molar-refractivity contribution >= 4 is 11.8 Å². The molecule has 0 aromatic heterocycles. The molecule has 4 bridgehead atoms. The van der Waals surface area contributed by atoms with Crippen LogP contribution in [-0.2, 0) is 21.0 Å². The fraction of sp³-hybridized carbons (Fsp3) is 0.297. The van der Waals surface area contributed by atoms with Crippen LogP contribution < -0.4 is 0 Å². The van der Waals surface area contributed by atoms with Gasteiger partial charge in [-0.2, -0.15) is 0 Å². The molecule has 4 fully saturated rings. The van der Waals surface area contributed by atoms with Crippen molar-refractivity contribution in [3.05, 3.63) is 144 Å². The molecule has 4 aliphatic carbocycles. The molecule has 0 aliphatic heterocycles. The van der Waals surface area contributed by atoms with Gasteiger partial charge in [-0.3, -0.25) is 10.8 Å². The van der Waals surface area contributed by atoms with E-state index in [1.54, 1.807) is 0 Å². The van der Waals surface area contributed by atoms with Gasteiger partial charge in [0.1, 0.15) is 0 Å². The minimum atomic E-state index is -0.477. The summed E-state index contributed by atoms with van der Waals surface area (Å²) >= 11 is 0. The van der Waals surface area contributed by atoms with E-state index in [4.69, 9.17) is 10.1 Å². The maximum absolute atomic E-state index is 9.63. The van der Waals surface area contributed by atoms with Gasteiger partial charge >= 0.3 is 0 Å². The number of nitrogens with one attached hydrogen (secondary N) is 2. The standard InChI is InChI=1S/C37H36N2O/c38-32(28-13-5-1-6-14-28)40-33(39)37-25-34(29-15-7-2-8-16-29)21-22-35(26-37,30-17-9-3-10-18-30)24-36(23-34,27-37)31-19-11-4-12-20-31/h1-20,38-39H,21-27H2. The van der Waals surface area contributed by atoms with Crippen molar-refractivity contribution in [1.82, 2.24) is 0 Å². The minimum absolute atomic E-state index is 0.0625.